The molecule has 206 valence electrons. The molecule has 0 radical (unpaired) electrons. The van der Waals surface area contributed by atoms with E-state index in [9.17, 15) is 4.79 Å². The van der Waals surface area contributed by atoms with Crippen LogP contribution in [-0.2, 0) is 10.2 Å². The number of anilines is 1. The van der Waals surface area contributed by atoms with Crippen LogP contribution in [0.4, 0.5) is 5.69 Å². The lowest BCUT2D eigenvalue weighted by molar-refractivity contribution is -0.123. The smallest absolute Gasteiger partial charge is 0.230 e. The first-order valence-electron chi connectivity index (χ1n) is 14.8. The summed E-state index contributed by atoms with van der Waals surface area (Å²) in [4.78, 5) is 20.6. The lowest BCUT2D eigenvalue weighted by Gasteiger charge is -2.48. The molecule has 0 saturated heterocycles. The predicted molar refractivity (Wildman–Crippen MR) is 156 cm³/mol. The maximum absolute atomic E-state index is 14.2. The summed E-state index contributed by atoms with van der Waals surface area (Å²) >= 11 is 1.79. The SMILES string of the molecule is COc1cc(-c2cccc(N(CC3CCC4(c5nnc(C)s5)CCCC3C4)C(=O)C3CCCCC3)c2)ccn1. The zero-order valence-corrected chi connectivity index (χ0v) is 24.1. The summed E-state index contributed by atoms with van der Waals surface area (Å²) < 4.78 is 5.37. The van der Waals surface area contributed by atoms with E-state index in [0.717, 1.165) is 66.9 Å². The van der Waals surface area contributed by atoms with Gasteiger partial charge in [-0.1, -0.05) is 44.2 Å². The first kappa shape index (κ1) is 26.4. The Balaban J connectivity index is 1.28. The second-order valence-electron chi connectivity index (χ2n) is 12.0. The van der Waals surface area contributed by atoms with Gasteiger partial charge in [0, 0.05) is 35.8 Å². The first-order chi connectivity index (χ1) is 19.0. The van der Waals surface area contributed by atoms with Crippen LogP contribution in [0.15, 0.2) is 42.6 Å². The van der Waals surface area contributed by atoms with Gasteiger partial charge in [-0.15, -0.1) is 21.5 Å². The number of amides is 1. The van der Waals surface area contributed by atoms with Gasteiger partial charge >= 0.3 is 0 Å². The van der Waals surface area contributed by atoms with Gasteiger partial charge in [0.1, 0.15) is 10.0 Å². The van der Waals surface area contributed by atoms with Crippen molar-refractivity contribution in [1.29, 1.82) is 0 Å². The number of methoxy groups -OCH3 is 1. The number of nitrogens with zero attached hydrogens (tertiary/aromatic N) is 4. The molecule has 6 nitrogen and oxygen atoms in total. The number of carbonyl (C=O) groups is 1. The van der Waals surface area contributed by atoms with Gasteiger partial charge in [-0.05, 0) is 86.6 Å². The Labute approximate surface area is 236 Å². The fraction of sp³-hybridized carbons (Fsp3) is 0.562. The van der Waals surface area contributed by atoms with E-state index >= 15 is 0 Å². The molecule has 39 heavy (non-hydrogen) atoms. The van der Waals surface area contributed by atoms with Crippen molar-refractivity contribution in [2.24, 2.45) is 17.8 Å². The summed E-state index contributed by atoms with van der Waals surface area (Å²) in [6.45, 7) is 2.88. The molecule has 3 atom stereocenters. The summed E-state index contributed by atoms with van der Waals surface area (Å²) in [5.74, 6) is 2.21. The quantitative estimate of drug-likeness (QED) is 0.311. The largest absolute Gasteiger partial charge is 0.481 e. The molecule has 2 aromatic heterocycles. The Hall–Kier alpha value is -2.80. The molecule has 3 aromatic rings. The van der Waals surface area contributed by atoms with E-state index < -0.39 is 0 Å². The molecule has 0 N–H and O–H groups in total. The van der Waals surface area contributed by atoms with Gasteiger partial charge in [0.15, 0.2) is 0 Å². The van der Waals surface area contributed by atoms with E-state index in [1.165, 1.54) is 37.1 Å². The molecule has 3 unspecified atom stereocenters. The van der Waals surface area contributed by atoms with Gasteiger partial charge in [0.05, 0.1) is 7.11 Å². The number of ether oxygens (including phenoxy) is 1. The monoisotopic (exact) mass is 544 g/mol. The second-order valence-corrected chi connectivity index (χ2v) is 13.2. The van der Waals surface area contributed by atoms with Crippen LogP contribution >= 0.6 is 11.3 Å². The maximum atomic E-state index is 14.2. The Morgan fingerprint density at radius 2 is 1.87 bits per heavy atom. The topological polar surface area (TPSA) is 68.2 Å². The normalized spacial score (nSPS) is 25.3. The molecule has 0 spiro atoms. The molecule has 2 bridgehead atoms. The number of rotatable bonds is 7. The summed E-state index contributed by atoms with van der Waals surface area (Å²) in [5.41, 5.74) is 3.35. The third-order valence-electron chi connectivity index (χ3n) is 9.60. The highest BCUT2D eigenvalue weighted by Gasteiger charge is 2.47. The van der Waals surface area contributed by atoms with Crippen LogP contribution < -0.4 is 9.64 Å². The average Bonchev–Trinajstić information content (AvgIpc) is 3.44. The number of fused-ring (bicyclic) bond motifs is 2. The fourth-order valence-corrected chi connectivity index (χ4v) is 8.42. The molecular weight excluding hydrogens is 504 g/mol. The van der Waals surface area contributed by atoms with Crippen LogP contribution in [0.2, 0.25) is 0 Å². The minimum atomic E-state index is 0.141. The molecule has 1 amide bonds. The van der Waals surface area contributed by atoms with E-state index in [1.807, 2.05) is 12.1 Å². The van der Waals surface area contributed by atoms with E-state index in [1.54, 1.807) is 24.6 Å². The van der Waals surface area contributed by atoms with Gasteiger partial charge in [-0.2, -0.15) is 0 Å². The highest BCUT2D eigenvalue weighted by Crippen LogP contribution is 2.53. The molecule has 7 heteroatoms. The minimum absolute atomic E-state index is 0.141. The average molecular weight is 545 g/mol. The lowest BCUT2D eigenvalue weighted by atomic mass is 9.58. The molecule has 0 aliphatic heterocycles. The standard InChI is InChI=1S/C32H40N4O2S/c1-22-34-35-31(39-22)32-15-7-11-26(20-32)27(13-16-32)21-36(30(37)23-8-4-3-5-9-23)28-12-6-10-24(18-28)25-14-17-33-29(19-25)38-2/h6,10,12,14,17-19,23,26-27H,3-5,7-9,11,13,15-16,20-21H2,1-2H3. The van der Waals surface area contributed by atoms with Crippen molar-refractivity contribution in [3.8, 4) is 17.0 Å². The van der Waals surface area contributed by atoms with Crippen molar-refractivity contribution >= 4 is 22.9 Å². The Morgan fingerprint density at radius 3 is 2.67 bits per heavy atom. The molecule has 3 fully saturated rings. The third-order valence-corrected chi connectivity index (χ3v) is 10.7. The highest BCUT2D eigenvalue weighted by atomic mass is 32.1. The second kappa shape index (κ2) is 11.4. The summed E-state index contributed by atoms with van der Waals surface area (Å²) in [5, 5.41) is 11.3. The van der Waals surface area contributed by atoms with Gasteiger partial charge in [-0.3, -0.25) is 4.79 Å². The van der Waals surface area contributed by atoms with Crippen LogP contribution in [0.5, 0.6) is 5.88 Å². The van der Waals surface area contributed by atoms with Gasteiger partial charge in [0.2, 0.25) is 11.8 Å². The number of benzene rings is 1. The van der Waals surface area contributed by atoms with Crippen molar-refractivity contribution in [1.82, 2.24) is 15.2 Å². The molecule has 3 saturated carbocycles. The summed E-state index contributed by atoms with van der Waals surface area (Å²) in [6, 6.07) is 12.5. The number of carbonyl (C=O) groups excluding carboxylic acids is 1. The molecular formula is C32H40N4O2S. The number of hydrogen-bond acceptors (Lipinski definition) is 6. The van der Waals surface area contributed by atoms with Gasteiger partial charge in [0.25, 0.3) is 0 Å². The molecule has 1 aromatic carbocycles. The highest BCUT2D eigenvalue weighted by molar-refractivity contribution is 7.11. The van der Waals surface area contributed by atoms with Gasteiger partial charge in [-0.25, -0.2) is 4.98 Å². The Bertz CT molecular complexity index is 1300. The Kier molecular flexibility index (Phi) is 7.70. The van der Waals surface area contributed by atoms with Crippen LogP contribution in [0, 0.1) is 24.7 Å². The summed E-state index contributed by atoms with van der Waals surface area (Å²) in [6.07, 6.45) is 14.6. The minimum Gasteiger partial charge on any atom is -0.481 e. The van der Waals surface area contributed by atoms with E-state index in [2.05, 4.69) is 51.3 Å². The van der Waals surface area contributed by atoms with Crippen LogP contribution in [0.3, 0.4) is 0 Å². The van der Waals surface area contributed by atoms with E-state index in [4.69, 9.17) is 4.74 Å². The zero-order chi connectivity index (χ0) is 26.8. The third kappa shape index (κ3) is 5.47. The maximum Gasteiger partial charge on any atom is 0.230 e. The summed E-state index contributed by atoms with van der Waals surface area (Å²) in [7, 11) is 1.64. The van der Waals surface area contributed by atoms with Crippen molar-refractivity contribution < 1.29 is 9.53 Å². The van der Waals surface area contributed by atoms with Crippen molar-refractivity contribution in [2.45, 2.75) is 83.0 Å². The van der Waals surface area contributed by atoms with Crippen molar-refractivity contribution in [3.63, 3.8) is 0 Å². The Morgan fingerprint density at radius 1 is 1.03 bits per heavy atom. The fourth-order valence-electron chi connectivity index (χ4n) is 7.47. The van der Waals surface area contributed by atoms with Gasteiger partial charge < -0.3 is 9.64 Å². The van der Waals surface area contributed by atoms with Crippen LogP contribution in [-0.4, -0.2) is 34.7 Å². The molecule has 3 aliphatic carbocycles. The number of pyridine rings is 1. The number of aryl methyl sites for hydroxylation is 1. The van der Waals surface area contributed by atoms with E-state index in [-0.39, 0.29) is 11.3 Å². The number of hydrogen-bond donors (Lipinski definition) is 0. The van der Waals surface area contributed by atoms with E-state index in [0.29, 0.717) is 23.6 Å². The molecule has 2 heterocycles. The van der Waals surface area contributed by atoms with Crippen molar-refractivity contribution in [3.05, 3.63) is 52.6 Å². The predicted octanol–water partition coefficient (Wildman–Crippen LogP) is 7.37. The van der Waals surface area contributed by atoms with Crippen LogP contribution in [0.25, 0.3) is 11.1 Å². The first-order valence-corrected chi connectivity index (χ1v) is 15.6. The van der Waals surface area contributed by atoms with Crippen LogP contribution in [0.1, 0.15) is 80.6 Å². The lowest BCUT2D eigenvalue weighted by Crippen LogP contribution is -2.47. The zero-order valence-electron chi connectivity index (χ0n) is 23.3. The molecule has 6 rings (SSSR count). The van der Waals surface area contributed by atoms with Crippen molar-refractivity contribution in [2.75, 3.05) is 18.6 Å². The number of aromatic nitrogens is 3. The molecule has 3 aliphatic rings.